The van der Waals surface area contributed by atoms with Crippen molar-refractivity contribution < 1.29 is 0 Å². The quantitative estimate of drug-likeness (QED) is 0.578. The van der Waals surface area contributed by atoms with Gasteiger partial charge >= 0.3 is 0 Å². The first kappa shape index (κ1) is 9.48. The highest BCUT2D eigenvalue weighted by Gasteiger charge is 2.06. The third-order valence-corrected chi connectivity index (χ3v) is 1.19. The molecule has 58 valence electrons. The molecule has 1 N–H and O–H groups in total. The molecule has 0 aromatic heterocycles. The smallest absolute Gasteiger partial charge is 0.0241 e. The molecule has 0 atom stereocenters. The molecule has 0 heterocycles. The lowest BCUT2D eigenvalue weighted by atomic mass is 10.1. The summed E-state index contributed by atoms with van der Waals surface area (Å²) in [6, 6.07) is 0. The van der Waals surface area contributed by atoms with Gasteiger partial charge in [0.15, 0.2) is 0 Å². The molecule has 0 aromatic carbocycles. The van der Waals surface area contributed by atoms with Crippen molar-refractivity contribution >= 4 is 0 Å². The number of hydrogen-bond acceptors (Lipinski definition) is 1. The van der Waals surface area contributed by atoms with Crippen molar-refractivity contribution in [3.63, 3.8) is 0 Å². The van der Waals surface area contributed by atoms with E-state index in [4.69, 9.17) is 0 Å². The van der Waals surface area contributed by atoms with E-state index < -0.39 is 0 Å². The highest BCUT2D eigenvalue weighted by atomic mass is 14.9. The molecular weight excluding hydrogens is 122 g/mol. The van der Waals surface area contributed by atoms with Crippen LogP contribution in [0.5, 0.6) is 0 Å². The lowest BCUT2D eigenvalue weighted by Crippen LogP contribution is -2.36. The molecule has 0 unspecified atom stereocenters. The summed E-state index contributed by atoms with van der Waals surface area (Å²) in [4.78, 5) is 0. The van der Waals surface area contributed by atoms with E-state index in [0.29, 0.717) is 0 Å². The zero-order valence-electron chi connectivity index (χ0n) is 7.41. The molecule has 0 rings (SSSR count). The molecule has 0 amide bonds. The van der Waals surface area contributed by atoms with Crippen molar-refractivity contribution in [3.8, 4) is 0 Å². The number of nitrogens with one attached hydrogen (secondary N) is 1. The van der Waals surface area contributed by atoms with Crippen LogP contribution >= 0.6 is 0 Å². The monoisotopic (exact) mass is 139 g/mol. The van der Waals surface area contributed by atoms with Crippen LogP contribution in [0.15, 0.2) is 17.9 Å². The summed E-state index contributed by atoms with van der Waals surface area (Å²) in [7, 11) is 0. The van der Waals surface area contributed by atoms with E-state index >= 15 is 0 Å². The fraction of sp³-hybridized carbons (Fsp3) is 0.667. The highest BCUT2D eigenvalue weighted by Crippen LogP contribution is 1.99. The first-order valence-corrected chi connectivity index (χ1v) is 3.56. The lowest BCUT2D eigenvalue weighted by Gasteiger charge is -2.20. The first-order valence-electron chi connectivity index (χ1n) is 3.56. The van der Waals surface area contributed by atoms with Crippen LogP contribution in [0, 0.1) is 0 Å². The third kappa shape index (κ3) is 5.61. The third-order valence-electron chi connectivity index (χ3n) is 1.19. The molecule has 0 radical (unpaired) electrons. The molecule has 0 spiro atoms. The van der Waals surface area contributed by atoms with E-state index in [1.807, 2.05) is 6.92 Å². The zero-order valence-corrected chi connectivity index (χ0v) is 7.41. The average Bonchev–Trinajstić information content (AvgIpc) is 1.81. The van der Waals surface area contributed by atoms with Crippen LogP contribution < -0.4 is 5.32 Å². The van der Waals surface area contributed by atoms with Crippen molar-refractivity contribution in [1.82, 2.24) is 5.32 Å². The van der Waals surface area contributed by atoms with E-state index in [9.17, 15) is 0 Å². The Morgan fingerprint density at radius 2 is 2.00 bits per heavy atom. The molecule has 0 aromatic rings. The van der Waals surface area contributed by atoms with Gasteiger partial charge in [0.1, 0.15) is 0 Å². The summed E-state index contributed by atoms with van der Waals surface area (Å²) in [5.41, 5.74) is 4.20. The van der Waals surface area contributed by atoms with Crippen molar-refractivity contribution in [2.24, 2.45) is 0 Å². The van der Waals surface area contributed by atoms with Crippen LogP contribution in [-0.4, -0.2) is 12.1 Å². The number of rotatable bonds is 2. The minimum atomic E-state index is 0.193. The van der Waals surface area contributed by atoms with Gasteiger partial charge in [-0.2, -0.15) is 0 Å². The lowest BCUT2D eigenvalue weighted by molar-refractivity contribution is 0.444. The Balaban J connectivity index is 3.66. The molecule has 0 fully saturated rings. The summed E-state index contributed by atoms with van der Waals surface area (Å²) in [5, 5.41) is 3.33. The maximum Gasteiger partial charge on any atom is 0.0241 e. The molecule has 1 heteroatoms. The topological polar surface area (TPSA) is 12.0 Å². The Labute approximate surface area is 63.8 Å². The molecule has 0 aliphatic rings. The standard InChI is InChI=1S/C9H17N/c1-6-8(2)7-10-9(3,4)5/h10H,1,7H2,2-5H3. The second kappa shape index (κ2) is 3.60. The highest BCUT2D eigenvalue weighted by molar-refractivity contribution is 4.97. The molecule has 0 aliphatic carbocycles. The predicted octanol–water partition coefficient (Wildman–Crippen LogP) is 2.11. The SMILES string of the molecule is C=C=C(C)CNC(C)(C)C. The Hall–Kier alpha value is -0.520. The Bertz CT molecular complexity index is 145. The summed E-state index contributed by atoms with van der Waals surface area (Å²) in [5.74, 6) is 0. The predicted molar refractivity (Wildman–Crippen MR) is 46.1 cm³/mol. The number of hydrogen-bond donors (Lipinski definition) is 1. The fourth-order valence-corrected chi connectivity index (χ4v) is 0.460. The van der Waals surface area contributed by atoms with Crippen LogP contribution in [0.1, 0.15) is 27.7 Å². The molecule has 10 heavy (non-hydrogen) atoms. The van der Waals surface area contributed by atoms with Gasteiger partial charge < -0.3 is 5.32 Å². The van der Waals surface area contributed by atoms with Crippen LogP contribution in [0.25, 0.3) is 0 Å². The Morgan fingerprint density at radius 1 is 1.50 bits per heavy atom. The van der Waals surface area contributed by atoms with Crippen LogP contribution in [-0.2, 0) is 0 Å². The minimum absolute atomic E-state index is 0.193. The van der Waals surface area contributed by atoms with Gasteiger partial charge in [-0.15, -0.1) is 5.73 Å². The molecule has 1 nitrogen and oxygen atoms in total. The molecule has 0 saturated carbocycles. The minimum Gasteiger partial charge on any atom is -0.308 e. The van der Waals surface area contributed by atoms with Crippen molar-refractivity contribution in [3.05, 3.63) is 17.9 Å². The first-order chi connectivity index (χ1) is 4.45. The van der Waals surface area contributed by atoms with Crippen LogP contribution in [0.4, 0.5) is 0 Å². The summed E-state index contributed by atoms with van der Waals surface area (Å²) >= 11 is 0. The molecule has 0 bridgehead atoms. The normalized spacial score (nSPS) is 10.8. The van der Waals surface area contributed by atoms with Crippen molar-refractivity contribution in [1.29, 1.82) is 0 Å². The van der Waals surface area contributed by atoms with Crippen molar-refractivity contribution in [2.45, 2.75) is 33.2 Å². The van der Waals surface area contributed by atoms with E-state index in [2.05, 4.69) is 38.4 Å². The van der Waals surface area contributed by atoms with Crippen molar-refractivity contribution in [2.75, 3.05) is 6.54 Å². The van der Waals surface area contributed by atoms with Gasteiger partial charge in [0, 0.05) is 12.1 Å². The van der Waals surface area contributed by atoms with E-state index in [1.54, 1.807) is 0 Å². The van der Waals surface area contributed by atoms with Gasteiger partial charge in [0.2, 0.25) is 0 Å². The van der Waals surface area contributed by atoms with Crippen LogP contribution in [0.2, 0.25) is 0 Å². The van der Waals surface area contributed by atoms with Gasteiger partial charge in [-0.3, -0.25) is 0 Å². The van der Waals surface area contributed by atoms with Crippen LogP contribution in [0.3, 0.4) is 0 Å². The van der Waals surface area contributed by atoms with E-state index in [0.717, 1.165) is 12.1 Å². The van der Waals surface area contributed by atoms with Gasteiger partial charge in [-0.25, -0.2) is 0 Å². The Morgan fingerprint density at radius 3 is 2.30 bits per heavy atom. The summed E-state index contributed by atoms with van der Waals surface area (Å²) < 4.78 is 0. The van der Waals surface area contributed by atoms with Gasteiger partial charge in [0.25, 0.3) is 0 Å². The maximum atomic E-state index is 3.56. The Kier molecular flexibility index (Phi) is 3.41. The van der Waals surface area contributed by atoms with E-state index in [1.165, 1.54) is 0 Å². The maximum absolute atomic E-state index is 3.56. The molecule has 0 aliphatic heterocycles. The molecular formula is C9H17N. The summed E-state index contributed by atoms with van der Waals surface area (Å²) in [6.07, 6.45) is 0. The largest absolute Gasteiger partial charge is 0.308 e. The summed E-state index contributed by atoms with van der Waals surface area (Å²) in [6.45, 7) is 12.9. The average molecular weight is 139 g/mol. The van der Waals surface area contributed by atoms with Gasteiger partial charge in [-0.1, -0.05) is 6.58 Å². The second-order valence-electron chi connectivity index (χ2n) is 3.56. The zero-order chi connectivity index (χ0) is 8.20. The second-order valence-corrected chi connectivity index (χ2v) is 3.56. The fourth-order valence-electron chi connectivity index (χ4n) is 0.460. The van der Waals surface area contributed by atoms with Gasteiger partial charge in [-0.05, 0) is 33.3 Å². The van der Waals surface area contributed by atoms with E-state index in [-0.39, 0.29) is 5.54 Å². The molecule has 0 saturated heterocycles. The van der Waals surface area contributed by atoms with Gasteiger partial charge in [0.05, 0.1) is 0 Å².